The molecule has 96 valence electrons. The summed E-state index contributed by atoms with van der Waals surface area (Å²) in [5.74, 6) is 0. The minimum absolute atomic E-state index is 0.00493. The summed E-state index contributed by atoms with van der Waals surface area (Å²) < 4.78 is 0. The molecule has 1 aromatic heterocycles. The van der Waals surface area contributed by atoms with Gasteiger partial charge in [0.05, 0.1) is 29.6 Å². The maximum Gasteiger partial charge on any atom is 0.0682 e. The van der Waals surface area contributed by atoms with Gasteiger partial charge in [-0.05, 0) is 31.5 Å². The Labute approximate surface area is 111 Å². The van der Waals surface area contributed by atoms with E-state index in [2.05, 4.69) is 15.5 Å². The summed E-state index contributed by atoms with van der Waals surface area (Å²) in [6.07, 6.45) is 1.80. The lowest BCUT2D eigenvalue weighted by Gasteiger charge is -2.16. The van der Waals surface area contributed by atoms with Gasteiger partial charge in [-0.2, -0.15) is 5.10 Å². The van der Waals surface area contributed by atoms with Gasteiger partial charge in [-0.3, -0.25) is 5.10 Å². The van der Waals surface area contributed by atoms with Crippen LogP contribution in [0.25, 0.3) is 0 Å². The molecule has 1 atom stereocenters. The van der Waals surface area contributed by atoms with E-state index in [9.17, 15) is 0 Å². The van der Waals surface area contributed by atoms with E-state index in [-0.39, 0.29) is 12.6 Å². The van der Waals surface area contributed by atoms with Crippen molar-refractivity contribution in [2.75, 3.05) is 5.32 Å². The van der Waals surface area contributed by atoms with Gasteiger partial charge in [-0.25, -0.2) is 0 Å². The number of anilines is 1. The van der Waals surface area contributed by atoms with Gasteiger partial charge in [0.1, 0.15) is 0 Å². The number of benzene rings is 1. The minimum atomic E-state index is 0.00493. The highest BCUT2D eigenvalue weighted by atomic mass is 35.5. The number of halogens is 1. The normalized spacial score (nSPS) is 12.4. The van der Waals surface area contributed by atoms with Crippen LogP contribution in [0.1, 0.15) is 29.8 Å². The number of H-pyrrole nitrogens is 1. The van der Waals surface area contributed by atoms with Crippen molar-refractivity contribution in [2.24, 2.45) is 0 Å². The molecule has 0 spiro atoms. The number of rotatable bonds is 4. The van der Waals surface area contributed by atoms with E-state index in [1.54, 1.807) is 18.3 Å². The van der Waals surface area contributed by atoms with Gasteiger partial charge in [0, 0.05) is 11.3 Å². The Morgan fingerprint density at radius 2 is 2.28 bits per heavy atom. The predicted octanol–water partition coefficient (Wildman–Crippen LogP) is 3.04. The first-order valence-electron chi connectivity index (χ1n) is 5.77. The molecular formula is C13H16ClN3O. The van der Waals surface area contributed by atoms with Crippen LogP contribution < -0.4 is 5.32 Å². The molecule has 0 fully saturated rings. The van der Waals surface area contributed by atoms with E-state index in [0.717, 1.165) is 22.5 Å². The summed E-state index contributed by atoms with van der Waals surface area (Å²) >= 11 is 6.13. The van der Waals surface area contributed by atoms with E-state index in [1.807, 2.05) is 19.9 Å². The Balaban J connectivity index is 2.21. The third-order valence-electron chi connectivity index (χ3n) is 2.92. The summed E-state index contributed by atoms with van der Waals surface area (Å²) in [5.41, 5.74) is 3.78. The van der Waals surface area contributed by atoms with Crippen molar-refractivity contribution in [3.8, 4) is 0 Å². The van der Waals surface area contributed by atoms with Crippen molar-refractivity contribution in [3.63, 3.8) is 0 Å². The minimum Gasteiger partial charge on any atom is -0.392 e. The fourth-order valence-corrected chi connectivity index (χ4v) is 2.06. The Kier molecular flexibility index (Phi) is 3.89. The van der Waals surface area contributed by atoms with Gasteiger partial charge in [0.2, 0.25) is 0 Å². The third kappa shape index (κ3) is 2.66. The van der Waals surface area contributed by atoms with Crippen LogP contribution >= 0.6 is 11.6 Å². The fourth-order valence-electron chi connectivity index (χ4n) is 1.89. The zero-order chi connectivity index (χ0) is 13.1. The number of nitrogens with one attached hydrogen (secondary N) is 2. The summed E-state index contributed by atoms with van der Waals surface area (Å²) in [6, 6.07) is 5.54. The van der Waals surface area contributed by atoms with Crippen LogP contribution in [0.15, 0.2) is 24.4 Å². The molecular weight excluding hydrogens is 250 g/mol. The topological polar surface area (TPSA) is 60.9 Å². The van der Waals surface area contributed by atoms with Crippen molar-refractivity contribution in [2.45, 2.75) is 26.5 Å². The number of hydrogen-bond acceptors (Lipinski definition) is 3. The maximum absolute atomic E-state index is 9.13. The smallest absolute Gasteiger partial charge is 0.0682 e. The van der Waals surface area contributed by atoms with Crippen LogP contribution in [0.2, 0.25) is 5.02 Å². The quantitative estimate of drug-likeness (QED) is 0.796. The van der Waals surface area contributed by atoms with Gasteiger partial charge in [0.15, 0.2) is 0 Å². The number of hydrogen-bond donors (Lipinski definition) is 3. The molecule has 3 N–H and O–H groups in total. The Morgan fingerprint density at radius 1 is 1.50 bits per heavy atom. The van der Waals surface area contributed by atoms with E-state index in [1.165, 1.54) is 0 Å². The summed E-state index contributed by atoms with van der Waals surface area (Å²) in [5, 5.41) is 20.0. The lowest BCUT2D eigenvalue weighted by Crippen LogP contribution is -2.07. The van der Waals surface area contributed by atoms with Crippen LogP contribution in [-0.2, 0) is 6.61 Å². The number of nitrogens with zero attached hydrogens (tertiary/aromatic N) is 1. The Morgan fingerprint density at radius 3 is 2.89 bits per heavy atom. The molecule has 0 saturated carbocycles. The van der Waals surface area contributed by atoms with E-state index in [4.69, 9.17) is 16.7 Å². The zero-order valence-corrected chi connectivity index (χ0v) is 11.1. The van der Waals surface area contributed by atoms with E-state index < -0.39 is 0 Å². The van der Waals surface area contributed by atoms with Crippen LogP contribution in [0.5, 0.6) is 0 Å². The molecule has 4 nitrogen and oxygen atoms in total. The summed E-state index contributed by atoms with van der Waals surface area (Å²) in [4.78, 5) is 0. The van der Waals surface area contributed by atoms with Crippen molar-refractivity contribution >= 4 is 17.3 Å². The van der Waals surface area contributed by atoms with Gasteiger partial charge in [0.25, 0.3) is 0 Å². The second-order valence-corrected chi connectivity index (χ2v) is 4.70. The lowest BCUT2D eigenvalue weighted by molar-refractivity contribution is 0.282. The van der Waals surface area contributed by atoms with Crippen molar-refractivity contribution < 1.29 is 5.11 Å². The standard InChI is InChI=1S/C13H16ClN3O/c1-8(11-6-15-17-9(11)2)16-13-5-10(7-18)3-4-12(13)14/h3-6,8,16,18H,7H2,1-2H3,(H,15,17). The molecule has 1 unspecified atom stereocenters. The van der Waals surface area contributed by atoms with Gasteiger partial charge >= 0.3 is 0 Å². The van der Waals surface area contributed by atoms with E-state index in [0.29, 0.717) is 5.02 Å². The van der Waals surface area contributed by atoms with Gasteiger partial charge < -0.3 is 10.4 Å². The summed E-state index contributed by atoms with van der Waals surface area (Å²) in [6.45, 7) is 4.02. The number of aryl methyl sites for hydroxylation is 1. The van der Waals surface area contributed by atoms with Crippen LogP contribution in [0, 0.1) is 6.92 Å². The summed E-state index contributed by atoms with van der Waals surface area (Å²) in [7, 11) is 0. The molecule has 0 aliphatic carbocycles. The second kappa shape index (κ2) is 5.42. The first kappa shape index (κ1) is 12.9. The first-order valence-corrected chi connectivity index (χ1v) is 6.15. The predicted molar refractivity (Wildman–Crippen MR) is 72.7 cm³/mol. The average molecular weight is 266 g/mol. The molecule has 1 heterocycles. The third-order valence-corrected chi connectivity index (χ3v) is 3.25. The monoisotopic (exact) mass is 265 g/mol. The molecule has 18 heavy (non-hydrogen) atoms. The molecule has 0 amide bonds. The highest BCUT2D eigenvalue weighted by Gasteiger charge is 2.11. The van der Waals surface area contributed by atoms with Crippen molar-refractivity contribution in [1.29, 1.82) is 0 Å². The number of aromatic amines is 1. The lowest BCUT2D eigenvalue weighted by atomic mass is 10.1. The highest BCUT2D eigenvalue weighted by molar-refractivity contribution is 6.33. The number of aliphatic hydroxyl groups is 1. The number of aliphatic hydroxyl groups excluding tert-OH is 1. The van der Waals surface area contributed by atoms with Crippen LogP contribution in [-0.4, -0.2) is 15.3 Å². The fraction of sp³-hybridized carbons (Fsp3) is 0.308. The van der Waals surface area contributed by atoms with E-state index >= 15 is 0 Å². The van der Waals surface area contributed by atoms with Gasteiger partial charge in [-0.1, -0.05) is 17.7 Å². The van der Waals surface area contributed by atoms with Gasteiger partial charge in [-0.15, -0.1) is 0 Å². The first-order chi connectivity index (χ1) is 8.61. The zero-order valence-electron chi connectivity index (χ0n) is 10.4. The van der Waals surface area contributed by atoms with Crippen molar-refractivity contribution in [3.05, 3.63) is 46.2 Å². The Hall–Kier alpha value is -1.52. The second-order valence-electron chi connectivity index (χ2n) is 4.29. The maximum atomic E-state index is 9.13. The SMILES string of the molecule is Cc1[nH]ncc1C(C)Nc1cc(CO)ccc1Cl. The largest absolute Gasteiger partial charge is 0.392 e. The molecule has 0 aliphatic rings. The molecule has 2 aromatic rings. The van der Waals surface area contributed by atoms with Crippen molar-refractivity contribution in [1.82, 2.24) is 10.2 Å². The van der Waals surface area contributed by atoms with Crippen LogP contribution in [0.3, 0.4) is 0 Å². The Bertz CT molecular complexity index is 539. The molecule has 0 radical (unpaired) electrons. The molecule has 0 saturated heterocycles. The highest BCUT2D eigenvalue weighted by Crippen LogP contribution is 2.27. The molecule has 5 heteroatoms. The molecule has 1 aromatic carbocycles. The average Bonchev–Trinajstić information content (AvgIpc) is 2.78. The van der Waals surface area contributed by atoms with Crippen LogP contribution in [0.4, 0.5) is 5.69 Å². The molecule has 2 rings (SSSR count). The molecule has 0 aliphatic heterocycles. The molecule has 0 bridgehead atoms. The number of aromatic nitrogens is 2.